The van der Waals surface area contributed by atoms with Crippen molar-refractivity contribution in [3.05, 3.63) is 48.6 Å². The fourth-order valence-corrected chi connectivity index (χ4v) is 1.23. The monoisotopic (exact) mass is 184 g/mol. The van der Waals surface area contributed by atoms with Gasteiger partial charge in [0.25, 0.3) is 0 Å². The van der Waals surface area contributed by atoms with Crippen LogP contribution in [-0.4, -0.2) is 29.9 Å². The van der Waals surface area contributed by atoms with Crippen molar-refractivity contribution < 1.29 is 9.90 Å². The van der Waals surface area contributed by atoms with E-state index in [4.69, 9.17) is 5.11 Å². The Bertz CT molecular complexity index is 295. The standard InChI is InChI=1S/C11H12O2.Li.H/c1-2-6-10(11(12)13)9-7-4-3-5-8-9;;/h2-5,7-8,10H,1,6H2,(H,12,13);;/t10-;;/m0../s1. The summed E-state index contributed by atoms with van der Waals surface area (Å²) in [5, 5.41) is 8.91. The van der Waals surface area contributed by atoms with Gasteiger partial charge in [0.05, 0.1) is 5.92 Å². The first-order valence-corrected chi connectivity index (χ1v) is 4.14. The van der Waals surface area contributed by atoms with Gasteiger partial charge in [0.2, 0.25) is 0 Å². The van der Waals surface area contributed by atoms with E-state index in [1.54, 1.807) is 6.08 Å². The van der Waals surface area contributed by atoms with Crippen LogP contribution in [0.1, 0.15) is 17.9 Å². The number of hydrogen-bond donors (Lipinski definition) is 1. The van der Waals surface area contributed by atoms with Gasteiger partial charge in [0.1, 0.15) is 0 Å². The van der Waals surface area contributed by atoms with Crippen molar-refractivity contribution in [2.24, 2.45) is 0 Å². The summed E-state index contributed by atoms with van der Waals surface area (Å²) in [5.74, 6) is -1.26. The fraction of sp³-hybridized carbons (Fsp3) is 0.182. The van der Waals surface area contributed by atoms with E-state index in [1.807, 2.05) is 30.3 Å². The third-order valence-corrected chi connectivity index (χ3v) is 1.90. The predicted molar refractivity (Wildman–Crippen MR) is 58.8 cm³/mol. The van der Waals surface area contributed by atoms with Crippen LogP contribution >= 0.6 is 0 Å². The van der Waals surface area contributed by atoms with Crippen molar-refractivity contribution in [3.63, 3.8) is 0 Å². The average molecular weight is 184 g/mol. The summed E-state index contributed by atoms with van der Waals surface area (Å²) in [5.41, 5.74) is 0.829. The van der Waals surface area contributed by atoms with E-state index in [9.17, 15) is 4.79 Å². The second kappa shape index (κ2) is 6.48. The molecule has 0 spiro atoms. The molecule has 0 aromatic heterocycles. The van der Waals surface area contributed by atoms with E-state index < -0.39 is 11.9 Å². The normalized spacial score (nSPS) is 11.1. The first-order chi connectivity index (χ1) is 6.25. The van der Waals surface area contributed by atoms with Crippen molar-refractivity contribution in [1.82, 2.24) is 0 Å². The summed E-state index contributed by atoms with van der Waals surface area (Å²) in [4.78, 5) is 10.8. The van der Waals surface area contributed by atoms with E-state index in [1.165, 1.54) is 0 Å². The molecule has 1 rings (SSSR count). The van der Waals surface area contributed by atoms with Gasteiger partial charge in [-0.2, -0.15) is 0 Å². The van der Waals surface area contributed by atoms with E-state index in [2.05, 4.69) is 6.58 Å². The van der Waals surface area contributed by atoms with Crippen molar-refractivity contribution in [2.45, 2.75) is 12.3 Å². The summed E-state index contributed by atoms with van der Waals surface area (Å²) in [7, 11) is 0. The second-order valence-electron chi connectivity index (χ2n) is 2.83. The fourth-order valence-electron chi connectivity index (χ4n) is 1.23. The van der Waals surface area contributed by atoms with Gasteiger partial charge in [-0.05, 0) is 12.0 Å². The summed E-state index contributed by atoms with van der Waals surface area (Å²) in [6, 6.07) is 9.20. The van der Waals surface area contributed by atoms with Crippen molar-refractivity contribution in [3.8, 4) is 0 Å². The molecule has 0 saturated carbocycles. The van der Waals surface area contributed by atoms with Gasteiger partial charge in [-0.3, -0.25) is 4.79 Å². The Morgan fingerprint density at radius 3 is 2.43 bits per heavy atom. The van der Waals surface area contributed by atoms with Gasteiger partial charge in [-0.25, -0.2) is 0 Å². The number of rotatable bonds is 4. The molecule has 2 nitrogen and oxygen atoms in total. The van der Waals surface area contributed by atoms with Crippen LogP contribution in [-0.2, 0) is 4.79 Å². The molecule has 1 aromatic rings. The molecule has 0 saturated heterocycles. The molecule has 1 atom stereocenters. The number of allylic oxidation sites excluding steroid dienone is 1. The number of hydrogen-bond acceptors (Lipinski definition) is 1. The molecule has 3 heteroatoms. The van der Waals surface area contributed by atoms with Crippen LogP contribution in [0.5, 0.6) is 0 Å². The number of aliphatic carboxylic acids is 1. The summed E-state index contributed by atoms with van der Waals surface area (Å²) >= 11 is 0. The van der Waals surface area contributed by atoms with E-state index >= 15 is 0 Å². The van der Waals surface area contributed by atoms with Crippen molar-refractivity contribution in [2.75, 3.05) is 0 Å². The van der Waals surface area contributed by atoms with E-state index in [0.29, 0.717) is 6.42 Å². The molecule has 0 aliphatic carbocycles. The van der Waals surface area contributed by atoms with Gasteiger partial charge < -0.3 is 5.11 Å². The molecule has 0 bridgehead atoms. The first kappa shape index (κ1) is 13.0. The Hall–Kier alpha value is -0.973. The number of carboxylic acids is 1. The maximum atomic E-state index is 10.8. The van der Waals surface area contributed by atoms with Gasteiger partial charge in [0, 0.05) is 0 Å². The zero-order chi connectivity index (χ0) is 9.68. The Balaban J connectivity index is 0.00000169. The zero-order valence-electron chi connectivity index (χ0n) is 7.31. The molecular formula is C11H13LiO2. The SMILES string of the molecule is C=CC[C@H](C(=O)O)c1ccccc1.[LiH]. The molecule has 0 fully saturated rings. The van der Waals surface area contributed by atoms with Gasteiger partial charge in [-0.1, -0.05) is 36.4 Å². The van der Waals surface area contributed by atoms with Crippen LogP contribution < -0.4 is 0 Å². The molecule has 0 radical (unpaired) electrons. The third kappa shape index (κ3) is 3.41. The van der Waals surface area contributed by atoms with Crippen LogP contribution in [0.4, 0.5) is 0 Å². The van der Waals surface area contributed by atoms with Crippen LogP contribution in [0, 0.1) is 0 Å². The molecule has 1 N–H and O–H groups in total. The number of benzene rings is 1. The van der Waals surface area contributed by atoms with Crippen LogP contribution in [0.2, 0.25) is 0 Å². The molecule has 1 aromatic carbocycles. The third-order valence-electron chi connectivity index (χ3n) is 1.90. The van der Waals surface area contributed by atoms with Crippen LogP contribution in [0.15, 0.2) is 43.0 Å². The molecule has 0 unspecified atom stereocenters. The maximum absolute atomic E-state index is 10.8. The molecule has 14 heavy (non-hydrogen) atoms. The Kier molecular flexibility index (Phi) is 6.03. The Morgan fingerprint density at radius 1 is 1.43 bits per heavy atom. The number of carboxylic acid groups (broad SMARTS) is 1. The molecule has 0 aliphatic heterocycles. The van der Waals surface area contributed by atoms with Gasteiger partial charge in [0.15, 0.2) is 0 Å². The predicted octanol–water partition coefficient (Wildman–Crippen LogP) is 1.78. The van der Waals surface area contributed by atoms with E-state index in [-0.39, 0.29) is 18.9 Å². The molecule has 0 aliphatic rings. The molecule has 0 amide bonds. The Morgan fingerprint density at radius 2 is 2.00 bits per heavy atom. The average Bonchev–Trinajstić information content (AvgIpc) is 2.15. The van der Waals surface area contributed by atoms with Crippen LogP contribution in [0.25, 0.3) is 0 Å². The summed E-state index contributed by atoms with van der Waals surface area (Å²) in [6.07, 6.45) is 2.10. The first-order valence-electron chi connectivity index (χ1n) is 4.14. The Labute approximate surface area is 95.8 Å². The minimum absolute atomic E-state index is 0. The van der Waals surface area contributed by atoms with Gasteiger partial charge in [-0.15, -0.1) is 6.58 Å². The van der Waals surface area contributed by atoms with Crippen molar-refractivity contribution >= 4 is 24.8 Å². The van der Waals surface area contributed by atoms with Crippen molar-refractivity contribution in [1.29, 1.82) is 0 Å². The van der Waals surface area contributed by atoms with E-state index in [0.717, 1.165) is 5.56 Å². The molecule has 70 valence electrons. The van der Waals surface area contributed by atoms with Crippen LogP contribution in [0.3, 0.4) is 0 Å². The topological polar surface area (TPSA) is 37.3 Å². The number of carbonyl (C=O) groups is 1. The quantitative estimate of drug-likeness (QED) is 0.572. The van der Waals surface area contributed by atoms with Gasteiger partial charge >= 0.3 is 24.8 Å². The molecular weight excluding hydrogens is 171 g/mol. The minimum atomic E-state index is -0.800. The molecule has 0 heterocycles. The second-order valence-corrected chi connectivity index (χ2v) is 2.83. The zero-order valence-corrected chi connectivity index (χ0v) is 7.31. The summed E-state index contributed by atoms with van der Waals surface area (Å²) < 4.78 is 0. The summed E-state index contributed by atoms with van der Waals surface area (Å²) in [6.45, 7) is 3.55.